The van der Waals surface area contributed by atoms with Crippen LogP contribution in [0.4, 0.5) is 5.82 Å². The summed E-state index contributed by atoms with van der Waals surface area (Å²) in [6.45, 7) is 7.13. The van der Waals surface area contributed by atoms with E-state index in [-0.39, 0.29) is 6.61 Å². The molecule has 1 aromatic rings. The van der Waals surface area contributed by atoms with Gasteiger partial charge in [-0.05, 0) is 30.0 Å². The molecule has 0 aliphatic carbocycles. The smallest absolute Gasteiger partial charge is 0.126 e. The molecule has 0 atom stereocenters. The van der Waals surface area contributed by atoms with Crippen molar-refractivity contribution in [1.29, 1.82) is 0 Å². The van der Waals surface area contributed by atoms with Gasteiger partial charge in [-0.1, -0.05) is 20.8 Å². The molecule has 1 rings (SSSR count). The molecule has 0 spiro atoms. The maximum atomic E-state index is 8.74. The second kappa shape index (κ2) is 5.71. The third-order valence-electron chi connectivity index (χ3n) is 2.35. The van der Waals surface area contributed by atoms with Crippen LogP contribution in [-0.4, -0.2) is 23.2 Å². The molecule has 0 saturated heterocycles. The van der Waals surface area contributed by atoms with Crippen LogP contribution in [0.3, 0.4) is 0 Å². The molecule has 84 valence electrons. The largest absolute Gasteiger partial charge is 0.395 e. The molecule has 0 fully saturated rings. The van der Waals surface area contributed by atoms with Crippen LogP contribution in [0.5, 0.6) is 0 Å². The first-order valence-corrected chi connectivity index (χ1v) is 5.53. The van der Waals surface area contributed by atoms with Gasteiger partial charge in [-0.2, -0.15) is 0 Å². The first-order valence-electron chi connectivity index (χ1n) is 5.53. The summed E-state index contributed by atoms with van der Waals surface area (Å²) < 4.78 is 0. The van der Waals surface area contributed by atoms with E-state index in [4.69, 9.17) is 5.11 Å². The quantitative estimate of drug-likeness (QED) is 0.779. The summed E-state index contributed by atoms with van der Waals surface area (Å²) >= 11 is 0. The lowest BCUT2D eigenvalue weighted by Crippen LogP contribution is -2.08. The van der Waals surface area contributed by atoms with Gasteiger partial charge >= 0.3 is 0 Å². The molecule has 3 nitrogen and oxygen atoms in total. The molecule has 15 heavy (non-hydrogen) atoms. The van der Waals surface area contributed by atoms with E-state index in [9.17, 15) is 0 Å². The lowest BCUT2D eigenvalue weighted by atomic mass is 10.0. The van der Waals surface area contributed by atoms with Gasteiger partial charge in [-0.15, -0.1) is 0 Å². The molecule has 1 heterocycles. The number of aromatic nitrogens is 1. The Kier molecular flexibility index (Phi) is 4.56. The Bertz CT molecular complexity index is 310. The summed E-state index contributed by atoms with van der Waals surface area (Å²) in [6, 6.07) is 4.20. The SMILES string of the molecule is CCc1cc(C(C)C)cc(NCCO)n1. The van der Waals surface area contributed by atoms with Gasteiger partial charge in [0.15, 0.2) is 0 Å². The summed E-state index contributed by atoms with van der Waals surface area (Å²) in [5, 5.41) is 11.8. The zero-order valence-electron chi connectivity index (χ0n) is 9.75. The van der Waals surface area contributed by atoms with Gasteiger partial charge < -0.3 is 10.4 Å². The number of nitrogens with zero attached hydrogens (tertiary/aromatic N) is 1. The Morgan fingerprint density at radius 3 is 2.67 bits per heavy atom. The van der Waals surface area contributed by atoms with E-state index in [0.29, 0.717) is 12.5 Å². The Labute approximate surface area is 91.5 Å². The molecule has 1 aromatic heterocycles. The molecule has 0 aliphatic heterocycles. The molecule has 0 aliphatic rings. The number of anilines is 1. The van der Waals surface area contributed by atoms with Gasteiger partial charge in [-0.25, -0.2) is 4.98 Å². The van der Waals surface area contributed by atoms with E-state index >= 15 is 0 Å². The zero-order chi connectivity index (χ0) is 11.3. The highest BCUT2D eigenvalue weighted by atomic mass is 16.3. The van der Waals surface area contributed by atoms with Crippen molar-refractivity contribution in [3.63, 3.8) is 0 Å². The van der Waals surface area contributed by atoms with E-state index in [2.05, 4.69) is 43.2 Å². The van der Waals surface area contributed by atoms with Crippen LogP contribution >= 0.6 is 0 Å². The molecule has 0 bridgehead atoms. The summed E-state index contributed by atoms with van der Waals surface area (Å²) in [6.07, 6.45) is 0.939. The van der Waals surface area contributed by atoms with Crippen molar-refractivity contribution in [2.75, 3.05) is 18.5 Å². The van der Waals surface area contributed by atoms with Crippen LogP contribution in [0.1, 0.15) is 37.9 Å². The molecule has 3 heteroatoms. The van der Waals surface area contributed by atoms with Crippen molar-refractivity contribution in [3.8, 4) is 0 Å². The highest BCUT2D eigenvalue weighted by Gasteiger charge is 2.04. The van der Waals surface area contributed by atoms with Crippen molar-refractivity contribution < 1.29 is 5.11 Å². The van der Waals surface area contributed by atoms with Gasteiger partial charge in [0, 0.05) is 12.2 Å². The van der Waals surface area contributed by atoms with Crippen LogP contribution in [0.25, 0.3) is 0 Å². The van der Waals surface area contributed by atoms with E-state index in [1.807, 2.05) is 0 Å². The maximum absolute atomic E-state index is 8.74. The van der Waals surface area contributed by atoms with E-state index in [1.54, 1.807) is 0 Å². The summed E-state index contributed by atoms with van der Waals surface area (Å²) in [5.74, 6) is 1.38. The maximum Gasteiger partial charge on any atom is 0.126 e. The zero-order valence-corrected chi connectivity index (χ0v) is 9.75. The number of rotatable bonds is 5. The Balaban J connectivity index is 2.90. The fourth-order valence-electron chi connectivity index (χ4n) is 1.40. The standard InChI is InChI=1S/C12H20N2O/c1-4-11-7-10(9(2)3)8-12(14-11)13-5-6-15/h7-9,15H,4-6H2,1-3H3,(H,13,14). The predicted octanol–water partition coefficient (Wildman–Crippen LogP) is 2.17. The second-order valence-electron chi connectivity index (χ2n) is 3.94. The second-order valence-corrected chi connectivity index (χ2v) is 3.94. The van der Waals surface area contributed by atoms with Crippen molar-refractivity contribution in [2.24, 2.45) is 0 Å². The number of aliphatic hydroxyl groups excluding tert-OH is 1. The Hall–Kier alpha value is -1.09. The van der Waals surface area contributed by atoms with Crippen LogP contribution in [-0.2, 0) is 6.42 Å². The first-order chi connectivity index (χ1) is 7.17. The van der Waals surface area contributed by atoms with Crippen molar-refractivity contribution >= 4 is 5.82 Å². The van der Waals surface area contributed by atoms with Crippen LogP contribution in [0, 0.1) is 0 Å². The third-order valence-corrected chi connectivity index (χ3v) is 2.35. The number of hydrogen-bond acceptors (Lipinski definition) is 3. The first kappa shape index (κ1) is 12.0. The monoisotopic (exact) mass is 208 g/mol. The van der Waals surface area contributed by atoms with Gasteiger partial charge in [0.05, 0.1) is 6.61 Å². The third kappa shape index (κ3) is 3.51. The average Bonchev–Trinajstić information content (AvgIpc) is 2.25. The molecule has 0 amide bonds. The molecule has 0 saturated carbocycles. The van der Waals surface area contributed by atoms with Crippen molar-refractivity contribution in [1.82, 2.24) is 4.98 Å². The lowest BCUT2D eigenvalue weighted by Gasteiger charge is -2.11. The number of hydrogen-bond donors (Lipinski definition) is 2. The minimum absolute atomic E-state index is 0.134. The predicted molar refractivity (Wildman–Crippen MR) is 63.3 cm³/mol. The molecular weight excluding hydrogens is 188 g/mol. The molecule has 0 unspecified atom stereocenters. The molecule has 0 aromatic carbocycles. The lowest BCUT2D eigenvalue weighted by molar-refractivity contribution is 0.311. The normalized spacial score (nSPS) is 10.7. The Morgan fingerprint density at radius 2 is 2.13 bits per heavy atom. The van der Waals surface area contributed by atoms with E-state index < -0.39 is 0 Å². The van der Waals surface area contributed by atoms with Gasteiger partial charge in [0.2, 0.25) is 0 Å². The number of nitrogens with one attached hydrogen (secondary N) is 1. The summed E-state index contributed by atoms with van der Waals surface area (Å²) in [5.41, 5.74) is 2.39. The summed E-state index contributed by atoms with van der Waals surface area (Å²) in [4.78, 5) is 4.45. The van der Waals surface area contributed by atoms with Gasteiger partial charge in [0.25, 0.3) is 0 Å². The number of pyridine rings is 1. The molecule has 0 radical (unpaired) electrons. The Morgan fingerprint density at radius 1 is 1.40 bits per heavy atom. The fraction of sp³-hybridized carbons (Fsp3) is 0.583. The highest BCUT2D eigenvalue weighted by Crippen LogP contribution is 2.19. The van der Waals surface area contributed by atoms with E-state index in [0.717, 1.165) is 17.9 Å². The van der Waals surface area contributed by atoms with Crippen LogP contribution < -0.4 is 5.32 Å². The summed E-state index contributed by atoms with van der Waals surface area (Å²) in [7, 11) is 0. The molecular formula is C12H20N2O. The minimum Gasteiger partial charge on any atom is -0.395 e. The van der Waals surface area contributed by atoms with Crippen LogP contribution in [0.15, 0.2) is 12.1 Å². The number of aryl methyl sites for hydroxylation is 1. The van der Waals surface area contributed by atoms with Crippen LogP contribution in [0.2, 0.25) is 0 Å². The van der Waals surface area contributed by atoms with Crippen molar-refractivity contribution in [3.05, 3.63) is 23.4 Å². The fourth-order valence-corrected chi connectivity index (χ4v) is 1.40. The van der Waals surface area contributed by atoms with Crippen molar-refractivity contribution in [2.45, 2.75) is 33.1 Å². The van der Waals surface area contributed by atoms with Gasteiger partial charge in [0.1, 0.15) is 5.82 Å². The van der Waals surface area contributed by atoms with E-state index in [1.165, 1.54) is 5.56 Å². The minimum atomic E-state index is 0.134. The van der Waals surface area contributed by atoms with Gasteiger partial charge in [-0.3, -0.25) is 0 Å². The number of aliphatic hydroxyl groups is 1. The topological polar surface area (TPSA) is 45.1 Å². The average molecular weight is 208 g/mol. The molecule has 2 N–H and O–H groups in total. The highest BCUT2D eigenvalue weighted by molar-refractivity contribution is 5.40.